The highest BCUT2D eigenvalue weighted by Crippen LogP contribution is 1.91. The summed E-state index contributed by atoms with van der Waals surface area (Å²) in [5.41, 5.74) is 0. The predicted molar refractivity (Wildman–Crippen MR) is 33.8 cm³/mol. The Labute approximate surface area is 55.6 Å². The molecule has 0 aliphatic rings. The minimum absolute atomic E-state index is 0.217. The quantitative estimate of drug-likeness (QED) is 0.556. The Hall–Kier alpha value is -0.120. The van der Waals surface area contributed by atoms with Gasteiger partial charge >= 0.3 is 0 Å². The molecular formula is C6H13O3. The van der Waals surface area contributed by atoms with E-state index in [4.69, 9.17) is 14.6 Å². The predicted octanol–water partition coefficient (Wildman–Crippen LogP) is 0.190. The van der Waals surface area contributed by atoms with E-state index in [1.165, 1.54) is 0 Å². The molecule has 0 aliphatic heterocycles. The van der Waals surface area contributed by atoms with Crippen LogP contribution in [-0.2, 0) is 9.47 Å². The standard InChI is InChI=1S/C6H13O3/c1-5(7)4-9-6(2)8-3/h5-7H,1,4H2,2-3H3. The number of aliphatic hydroxyl groups is 1. The minimum Gasteiger partial charge on any atom is -0.391 e. The SMILES string of the molecule is [CH2]C(O)COC(C)OC. The lowest BCUT2D eigenvalue weighted by Gasteiger charge is -2.11. The summed E-state index contributed by atoms with van der Waals surface area (Å²) in [5.74, 6) is 0. The van der Waals surface area contributed by atoms with Crippen molar-refractivity contribution in [2.75, 3.05) is 13.7 Å². The fourth-order valence-electron chi connectivity index (χ4n) is 0.315. The molecule has 0 saturated carbocycles. The Bertz CT molecular complexity index is 63.3. The highest BCUT2D eigenvalue weighted by Gasteiger charge is 2.00. The highest BCUT2D eigenvalue weighted by molar-refractivity contribution is 4.53. The van der Waals surface area contributed by atoms with Gasteiger partial charge in [-0.15, -0.1) is 0 Å². The first-order valence-electron chi connectivity index (χ1n) is 2.82. The summed E-state index contributed by atoms with van der Waals surface area (Å²) in [6.45, 7) is 5.29. The maximum absolute atomic E-state index is 8.61. The Morgan fingerprint density at radius 1 is 1.67 bits per heavy atom. The van der Waals surface area contributed by atoms with Crippen LogP contribution in [-0.4, -0.2) is 31.2 Å². The van der Waals surface area contributed by atoms with Crippen LogP contribution in [0.1, 0.15) is 6.92 Å². The molecule has 1 radical (unpaired) electrons. The summed E-state index contributed by atoms with van der Waals surface area (Å²) in [4.78, 5) is 0. The molecule has 9 heavy (non-hydrogen) atoms. The van der Waals surface area contributed by atoms with E-state index in [9.17, 15) is 0 Å². The molecule has 0 heterocycles. The van der Waals surface area contributed by atoms with Gasteiger partial charge in [0.25, 0.3) is 0 Å². The van der Waals surface area contributed by atoms with Crippen LogP contribution in [0.3, 0.4) is 0 Å². The van der Waals surface area contributed by atoms with Gasteiger partial charge in [-0.1, -0.05) is 0 Å². The van der Waals surface area contributed by atoms with E-state index in [0.717, 1.165) is 0 Å². The second-order valence-corrected chi connectivity index (χ2v) is 1.79. The van der Waals surface area contributed by atoms with Crippen molar-refractivity contribution in [2.45, 2.75) is 19.3 Å². The monoisotopic (exact) mass is 133 g/mol. The summed E-state index contributed by atoms with van der Waals surface area (Å²) in [6.07, 6.45) is -0.927. The second-order valence-electron chi connectivity index (χ2n) is 1.79. The largest absolute Gasteiger partial charge is 0.391 e. The molecule has 0 aromatic carbocycles. The summed E-state index contributed by atoms with van der Waals surface area (Å²) >= 11 is 0. The van der Waals surface area contributed by atoms with Crippen LogP contribution in [0.15, 0.2) is 0 Å². The van der Waals surface area contributed by atoms with Crippen LogP contribution in [0.25, 0.3) is 0 Å². The maximum Gasteiger partial charge on any atom is 0.154 e. The van der Waals surface area contributed by atoms with Crippen LogP contribution in [0.4, 0.5) is 0 Å². The molecule has 0 amide bonds. The van der Waals surface area contributed by atoms with E-state index >= 15 is 0 Å². The lowest BCUT2D eigenvalue weighted by molar-refractivity contribution is -0.125. The van der Waals surface area contributed by atoms with E-state index < -0.39 is 6.10 Å². The summed E-state index contributed by atoms with van der Waals surface area (Å²) in [5, 5.41) is 8.61. The Morgan fingerprint density at radius 2 is 2.22 bits per heavy atom. The fourth-order valence-corrected chi connectivity index (χ4v) is 0.315. The molecule has 55 valence electrons. The van der Waals surface area contributed by atoms with Gasteiger partial charge in [0.2, 0.25) is 0 Å². The van der Waals surface area contributed by atoms with Crippen LogP contribution in [0, 0.1) is 6.92 Å². The molecule has 1 N–H and O–H groups in total. The fraction of sp³-hybridized carbons (Fsp3) is 0.833. The number of hydrogen-bond acceptors (Lipinski definition) is 3. The van der Waals surface area contributed by atoms with E-state index in [2.05, 4.69) is 6.92 Å². The summed E-state index contributed by atoms with van der Waals surface area (Å²) < 4.78 is 9.66. The smallest absolute Gasteiger partial charge is 0.154 e. The van der Waals surface area contributed by atoms with Crippen LogP contribution in [0.2, 0.25) is 0 Å². The Balaban J connectivity index is 3.06. The molecule has 2 unspecified atom stereocenters. The minimum atomic E-state index is -0.664. The zero-order valence-corrected chi connectivity index (χ0v) is 5.83. The number of aliphatic hydroxyl groups excluding tert-OH is 1. The van der Waals surface area contributed by atoms with E-state index in [1.807, 2.05) is 0 Å². The van der Waals surface area contributed by atoms with Crippen LogP contribution < -0.4 is 0 Å². The molecule has 3 nitrogen and oxygen atoms in total. The first kappa shape index (κ1) is 8.88. The van der Waals surface area contributed by atoms with E-state index in [-0.39, 0.29) is 12.9 Å². The molecule has 0 aromatic heterocycles. The lowest BCUT2D eigenvalue weighted by atomic mass is 10.4. The zero-order chi connectivity index (χ0) is 7.28. The maximum atomic E-state index is 8.61. The Kier molecular flexibility index (Phi) is 4.67. The van der Waals surface area contributed by atoms with Gasteiger partial charge in [-0.3, -0.25) is 0 Å². The average Bonchev–Trinajstić information content (AvgIpc) is 1.83. The molecule has 0 bridgehead atoms. The van der Waals surface area contributed by atoms with Gasteiger partial charge in [0, 0.05) is 7.11 Å². The molecule has 0 saturated heterocycles. The van der Waals surface area contributed by atoms with Gasteiger partial charge in [0.05, 0.1) is 12.7 Å². The van der Waals surface area contributed by atoms with Gasteiger partial charge in [-0.05, 0) is 13.8 Å². The normalized spacial score (nSPS) is 17.3. The van der Waals surface area contributed by atoms with Gasteiger partial charge in [-0.25, -0.2) is 0 Å². The van der Waals surface area contributed by atoms with Gasteiger partial charge in [-0.2, -0.15) is 0 Å². The molecular weight excluding hydrogens is 120 g/mol. The number of rotatable bonds is 4. The van der Waals surface area contributed by atoms with Crippen molar-refractivity contribution >= 4 is 0 Å². The van der Waals surface area contributed by atoms with E-state index in [1.54, 1.807) is 14.0 Å². The second kappa shape index (κ2) is 4.73. The topological polar surface area (TPSA) is 38.7 Å². The highest BCUT2D eigenvalue weighted by atomic mass is 16.7. The van der Waals surface area contributed by atoms with Crippen LogP contribution >= 0.6 is 0 Å². The van der Waals surface area contributed by atoms with E-state index in [0.29, 0.717) is 0 Å². The van der Waals surface area contributed by atoms with Gasteiger partial charge in [0.1, 0.15) is 0 Å². The third-order valence-corrected chi connectivity index (χ3v) is 0.855. The van der Waals surface area contributed by atoms with Gasteiger partial charge < -0.3 is 14.6 Å². The van der Waals surface area contributed by atoms with Crippen molar-refractivity contribution in [3.8, 4) is 0 Å². The van der Waals surface area contributed by atoms with Crippen molar-refractivity contribution in [1.82, 2.24) is 0 Å². The van der Waals surface area contributed by atoms with Gasteiger partial charge in [0.15, 0.2) is 6.29 Å². The molecule has 0 rings (SSSR count). The zero-order valence-electron chi connectivity index (χ0n) is 5.83. The van der Waals surface area contributed by atoms with Crippen molar-refractivity contribution in [3.63, 3.8) is 0 Å². The average molecular weight is 133 g/mol. The third kappa shape index (κ3) is 5.76. The molecule has 0 spiro atoms. The number of methoxy groups -OCH3 is 1. The first-order chi connectivity index (χ1) is 4.16. The molecule has 2 atom stereocenters. The summed E-state index contributed by atoms with van der Waals surface area (Å²) in [7, 11) is 1.54. The number of hydrogen-bond donors (Lipinski definition) is 1. The first-order valence-corrected chi connectivity index (χ1v) is 2.82. The molecule has 0 aromatic rings. The van der Waals surface area contributed by atoms with Crippen molar-refractivity contribution < 1.29 is 14.6 Å². The molecule has 0 fully saturated rings. The molecule has 3 heteroatoms. The third-order valence-electron chi connectivity index (χ3n) is 0.855. The number of ether oxygens (including phenoxy) is 2. The summed E-state index contributed by atoms with van der Waals surface area (Å²) in [6, 6.07) is 0. The van der Waals surface area contributed by atoms with Crippen LogP contribution in [0.5, 0.6) is 0 Å². The lowest BCUT2D eigenvalue weighted by Crippen LogP contribution is -2.18. The molecule has 0 aliphatic carbocycles. The van der Waals surface area contributed by atoms with Crippen molar-refractivity contribution in [1.29, 1.82) is 0 Å². The van der Waals surface area contributed by atoms with Crippen molar-refractivity contribution in [2.24, 2.45) is 0 Å². The van der Waals surface area contributed by atoms with Crippen molar-refractivity contribution in [3.05, 3.63) is 6.92 Å². The Morgan fingerprint density at radius 3 is 2.56 bits per heavy atom.